The number of hydrogen-bond donors (Lipinski definition) is 1. The molecule has 2 aromatic rings. The maximum absolute atomic E-state index is 5.62. The van der Waals surface area contributed by atoms with Gasteiger partial charge in [0, 0.05) is 17.4 Å². The zero-order valence-electron chi connectivity index (χ0n) is 11.7. The van der Waals surface area contributed by atoms with Gasteiger partial charge in [-0.1, -0.05) is 0 Å². The second-order valence-electron chi connectivity index (χ2n) is 4.53. The maximum Gasteiger partial charge on any atom is 0.122 e. The first kappa shape index (κ1) is 14.0. The maximum atomic E-state index is 5.62. The number of benzene rings is 1. The van der Waals surface area contributed by atoms with Gasteiger partial charge in [0.25, 0.3) is 0 Å². The number of aromatic nitrogens is 1. The van der Waals surface area contributed by atoms with Crippen LogP contribution in [0.3, 0.4) is 0 Å². The molecule has 2 rings (SSSR count). The van der Waals surface area contributed by atoms with Gasteiger partial charge in [-0.15, -0.1) is 11.3 Å². The average Bonchev–Trinajstić information content (AvgIpc) is 2.82. The number of nitrogens with zero attached hydrogens (tertiary/aromatic N) is 1. The number of rotatable bonds is 5. The smallest absolute Gasteiger partial charge is 0.122 e. The van der Waals surface area contributed by atoms with E-state index in [-0.39, 0.29) is 0 Å². The van der Waals surface area contributed by atoms with Crippen LogP contribution in [0.25, 0.3) is 11.3 Å². The van der Waals surface area contributed by atoms with Crippen molar-refractivity contribution < 1.29 is 4.74 Å². The van der Waals surface area contributed by atoms with Gasteiger partial charge in [-0.2, -0.15) is 0 Å². The van der Waals surface area contributed by atoms with Gasteiger partial charge in [-0.3, -0.25) is 0 Å². The highest BCUT2D eigenvalue weighted by atomic mass is 32.1. The van der Waals surface area contributed by atoms with Crippen LogP contribution in [-0.4, -0.2) is 18.1 Å². The summed E-state index contributed by atoms with van der Waals surface area (Å²) < 4.78 is 5.62. The lowest BCUT2D eigenvalue weighted by atomic mass is 10.0. The van der Waals surface area contributed by atoms with Crippen molar-refractivity contribution in [1.29, 1.82) is 0 Å². The van der Waals surface area contributed by atoms with Gasteiger partial charge >= 0.3 is 0 Å². The summed E-state index contributed by atoms with van der Waals surface area (Å²) in [6.07, 6.45) is 0.847. The summed E-state index contributed by atoms with van der Waals surface area (Å²) in [4.78, 5) is 4.65. The molecule has 2 N–H and O–H groups in total. The fourth-order valence-electron chi connectivity index (χ4n) is 2.05. The first-order valence-electron chi connectivity index (χ1n) is 6.54. The van der Waals surface area contributed by atoms with Crippen molar-refractivity contribution >= 4 is 11.3 Å². The topological polar surface area (TPSA) is 48.1 Å². The fraction of sp³-hybridized carbons (Fsp3) is 0.400. The Bertz CT molecular complexity index is 563. The minimum Gasteiger partial charge on any atom is -0.494 e. The molecule has 0 fully saturated rings. The highest BCUT2D eigenvalue weighted by Gasteiger charge is 2.10. The van der Waals surface area contributed by atoms with E-state index in [1.807, 2.05) is 6.92 Å². The second kappa shape index (κ2) is 6.17. The summed E-state index contributed by atoms with van der Waals surface area (Å²) in [6.45, 7) is 7.51. The Kier molecular flexibility index (Phi) is 4.56. The lowest BCUT2D eigenvalue weighted by Crippen LogP contribution is -2.02. The summed E-state index contributed by atoms with van der Waals surface area (Å²) in [6, 6.07) is 4.25. The molecule has 0 atom stereocenters. The van der Waals surface area contributed by atoms with Crippen LogP contribution < -0.4 is 10.5 Å². The van der Waals surface area contributed by atoms with E-state index < -0.39 is 0 Å². The van der Waals surface area contributed by atoms with Gasteiger partial charge in [0.1, 0.15) is 5.75 Å². The quantitative estimate of drug-likeness (QED) is 0.911. The van der Waals surface area contributed by atoms with Crippen LogP contribution in [0.4, 0.5) is 0 Å². The predicted octanol–water partition coefficient (Wildman–Crippen LogP) is 3.33. The van der Waals surface area contributed by atoms with Gasteiger partial charge in [0.05, 0.1) is 17.3 Å². The third-order valence-electron chi connectivity index (χ3n) is 3.01. The van der Waals surface area contributed by atoms with Crippen molar-refractivity contribution in [1.82, 2.24) is 4.98 Å². The lowest BCUT2D eigenvalue weighted by Gasteiger charge is -2.11. The molecule has 0 aliphatic carbocycles. The molecule has 3 nitrogen and oxygen atoms in total. The minimum atomic E-state index is 0.647. The Morgan fingerprint density at radius 1 is 1.26 bits per heavy atom. The molecular formula is C15H20N2OS. The fourth-order valence-corrected chi connectivity index (χ4v) is 2.86. The van der Waals surface area contributed by atoms with Crippen molar-refractivity contribution in [2.24, 2.45) is 5.73 Å². The van der Waals surface area contributed by atoms with Crippen LogP contribution in [0.15, 0.2) is 17.5 Å². The molecule has 0 saturated carbocycles. The van der Waals surface area contributed by atoms with Crippen LogP contribution in [0.1, 0.15) is 23.1 Å². The summed E-state index contributed by atoms with van der Waals surface area (Å²) in [7, 11) is 0. The highest BCUT2D eigenvalue weighted by Crippen LogP contribution is 2.31. The van der Waals surface area contributed by atoms with Crippen LogP contribution >= 0.6 is 11.3 Å². The van der Waals surface area contributed by atoms with Gasteiger partial charge in [-0.05, 0) is 50.6 Å². The molecule has 0 saturated heterocycles. The van der Waals surface area contributed by atoms with E-state index in [1.54, 1.807) is 11.3 Å². The van der Waals surface area contributed by atoms with Crippen LogP contribution in [0.2, 0.25) is 0 Å². The molecule has 0 aliphatic heterocycles. The molecule has 1 aromatic carbocycles. The van der Waals surface area contributed by atoms with Crippen LogP contribution in [0, 0.1) is 13.8 Å². The SMILES string of the molecule is CCOc1cc(C)c(-c2csc(CCN)n2)cc1C. The average molecular weight is 276 g/mol. The second-order valence-corrected chi connectivity index (χ2v) is 5.47. The van der Waals surface area contributed by atoms with E-state index in [2.05, 4.69) is 36.3 Å². The molecule has 0 amide bonds. The summed E-state index contributed by atoms with van der Waals surface area (Å²) in [5.74, 6) is 0.959. The molecule has 0 bridgehead atoms. The molecule has 1 aromatic heterocycles. The molecule has 0 spiro atoms. The lowest BCUT2D eigenvalue weighted by molar-refractivity contribution is 0.337. The summed E-state index contributed by atoms with van der Waals surface area (Å²) in [5, 5.41) is 3.20. The molecule has 0 unspecified atom stereocenters. The molecule has 0 radical (unpaired) electrons. The zero-order chi connectivity index (χ0) is 13.8. The summed E-state index contributed by atoms with van der Waals surface area (Å²) >= 11 is 1.68. The molecule has 0 aliphatic rings. The Labute approximate surface area is 118 Å². The predicted molar refractivity (Wildman–Crippen MR) is 81.0 cm³/mol. The van der Waals surface area contributed by atoms with Crippen molar-refractivity contribution in [2.45, 2.75) is 27.2 Å². The molecule has 4 heteroatoms. The number of aryl methyl sites for hydroxylation is 2. The first-order valence-corrected chi connectivity index (χ1v) is 7.42. The zero-order valence-corrected chi connectivity index (χ0v) is 12.5. The van der Waals surface area contributed by atoms with Gasteiger partial charge in [-0.25, -0.2) is 4.98 Å². The van der Waals surface area contributed by atoms with E-state index in [9.17, 15) is 0 Å². The normalized spacial score (nSPS) is 10.7. The Balaban J connectivity index is 2.36. The minimum absolute atomic E-state index is 0.647. The third-order valence-corrected chi connectivity index (χ3v) is 3.92. The Morgan fingerprint density at radius 3 is 2.74 bits per heavy atom. The number of thiazole rings is 1. The van der Waals surface area contributed by atoms with Crippen LogP contribution in [-0.2, 0) is 6.42 Å². The van der Waals surface area contributed by atoms with Gasteiger partial charge in [0.2, 0.25) is 0 Å². The first-order chi connectivity index (χ1) is 9.15. The van der Waals surface area contributed by atoms with E-state index in [1.165, 1.54) is 11.1 Å². The molecule has 1 heterocycles. The monoisotopic (exact) mass is 276 g/mol. The molecule has 102 valence electrons. The van der Waals surface area contributed by atoms with Crippen molar-refractivity contribution in [2.75, 3.05) is 13.2 Å². The van der Waals surface area contributed by atoms with Crippen molar-refractivity contribution in [3.63, 3.8) is 0 Å². The summed E-state index contributed by atoms with van der Waals surface area (Å²) in [5.41, 5.74) is 10.1. The Morgan fingerprint density at radius 2 is 2.05 bits per heavy atom. The molecule has 19 heavy (non-hydrogen) atoms. The highest BCUT2D eigenvalue weighted by molar-refractivity contribution is 7.09. The number of ether oxygens (including phenoxy) is 1. The molecular weight excluding hydrogens is 256 g/mol. The van der Waals surface area contributed by atoms with Crippen LogP contribution in [0.5, 0.6) is 5.75 Å². The van der Waals surface area contributed by atoms with E-state index in [0.717, 1.165) is 28.4 Å². The Hall–Kier alpha value is -1.39. The van der Waals surface area contributed by atoms with E-state index in [0.29, 0.717) is 13.2 Å². The van der Waals surface area contributed by atoms with Gasteiger partial charge in [0.15, 0.2) is 0 Å². The third kappa shape index (κ3) is 3.14. The largest absolute Gasteiger partial charge is 0.494 e. The number of hydrogen-bond acceptors (Lipinski definition) is 4. The van der Waals surface area contributed by atoms with Crippen molar-refractivity contribution in [3.05, 3.63) is 33.6 Å². The van der Waals surface area contributed by atoms with Crippen molar-refractivity contribution in [3.8, 4) is 17.0 Å². The standard InChI is InChI=1S/C15H20N2OS/c1-4-18-14-8-10(2)12(7-11(14)3)13-9-19-15(17-13)5-6-16/h7-9H,4-6,16H2,1-3H3. The van der Waals surface area contributed by atoms with E-state index >= 15 is 0 Å². The van der Waals surface area contributed by atoms with Gasteiger partial charge < -0.3 is 10.5 Å². The number of nitrogens with two attached hydrogens (primary N) is 1. The van der Waals surface area contributed by atoms with E-state index in [4.69, 9.17) is 10.5 Å².